The number of nitrogens with one attached hydrogen (secondary N) is 1. The number of ether oxygens (including phenoxy) is 1. The highest BCUT2D eigenvalue weighted by molar-refractivity contribution is 9.10. The molecular weight excluding hydrogens is 408 g/mol. The Kier molecular flexibility index (Phi) is 7.07. The van der Waals surface area contributed by atoms with Gasteiger partial charge in [-0.15, -0.1) is 12.4 Å². The van der Waals surface area contributed by atoms with Crippen LogP contribution in [0.3, 0.4) is 0 Å². The zero-order valence-electron chi connectivity index (χ0n) is 13.8. The summed E-state index contributed by atoms with van der Waals surface area (Å²) >= 11 is 3.54. The van der Waals surface area contributed by atoms with E-state index in [0.717, 1.165) is 17.3 Å². The van der Waals surface area contributed by atoms with Crippen LogP contribution in [0.25, 0.3) is 0 Å². The van der Waals surface area contributed by atoms with E-state index in [1.54, 1.807) is 6.07 Å². The standard InChI is InChI=1S/C18H21BrN2O3.ClH/c19-15-3-1-2-14(9-15)18(4-6-23-7-5-18)12-21-17(22)13-8-16(10-20)24-11-13;/h1-3,8-9,11H,4-7,10,12,20H2,(H,21,22);1H. The van der Waals surface area contributed by atoms with Crippen LogP contribution < -0.4 is 11.1 Å². The zero-order valence-corrected chi connectivity index (χ0v) is 16.2. The Morgan fingerprint density at radius 2 is 2.04 bits per heavy atom. The third kappa shape index (κ3) is 4.64. The lowest BCUT2D eigenvalue weighted by Gasteiger charge is -2.38. The van der Waals surface area contributed by atoms with E-state index in [4.69, 9.17) is 14.9 Å². The fourth-order valence-electron chi connectivity index (χ4n) is 3.11. The molecule has 0 spiro atoms. The zero-order chi connectivity index (χ0) is 17.0. The van der Waals surface area contributed by atoms with Gasteiger partial charge in [0.2, 0.25) is 0 Å². The topological polar surface area (TPSA) is 77.5 Å². The minimum Gasteiger partial charge on any atom is -0.467 e. The Morgan fingerprint density at radius 3 is 2.68 bits per heavy atom. The molecule has 7 heteroatoms. The average Bonchev–Trinajstić information content (AvgIpc) is 3.10. The summed E-state index contributed by atoms with van der Waals surface area (Å²) in [5.41, 5.74) is 7.13. The Labute approximate surface area is 161 Å². The van der Waals surface area contributed by atoms with Gasteiger partial charge < -0.3 is 20.2 Å². The van der Waals surface area contributed by atoms with Gasteiger partial charge in [0.15, 0.2) is 0 Å². The Bertz CT molecular complexity index is 714. The smallest absolute Gasteiger partial charge is 0.254 e. The van der Waals surface area contributed by atoms with E-state index in [-0.39, 0.29) is 30.3 Å². The third-order valence-electron chi connectivity index (χ3n) is 4.59. The van der Waals surface area contributed by atoms with E-state index in [0.29, 0.717) is 31.1 Å². The number of halogens is 2. The van der Waals surface area contributed by atoms with Gasteiger partial charge in [-0.2, -0.15) is 0 Å². The molecule has 0 radical (unpaired) electrons. The van der Waals surface area contributed by atoms with Gasteiger partial charge in [0.05, 0.1) is 12.1 Å². The second-order valence-electron chi connectivity index (χ2n) is 6.09. The summed E-state index contributed by atoms with van der Waals surface area (Å²) in [5, 5.41) is 3.05. The van der Waals surface area contributed by atoms with Gasteiger partial charge in [-0.25, -0.2) is 0 Å². The summed E-state index contributed by atoms with van der Waals surface area (Å²) in [6, 6.07) is 9.97. The molecule has 1 fully saturated rings. The maximum Gasteiger partial charge on any atom is 0.254 e. The van der Waals surface area contributed by atoms with Crippen LogP contribution in [0.2, 0.25) is 0 Å². The molecule has 1 amide bonds. The molecule has 3 N–H and O–H groups in total. The minimum absolute atomic E-state index is 0. The lowest BCUT2D eigenvalue weighted by Crippen LogP contribution is -2.44. The molecule has 25 heavy (non-hydrogen) atoms. The van der Waals surface area contributed by atoms with E-state index >= 15 is 0 Å². The van der Waals surface area contributed by atoms with E-state index in [1.807, 2.05) is 12.1 Å². The van der Waals surface area contributed by atoms with Gasteiger partial charge >= 0.3 is 0 Å². The average molecular weight is 430 g/mol. The van der Waals surface area contributed by atoms with Crippen molar-refractivity contribution < 1.29 is 13.9 Å². The molecule has 1 saturated heterocycles. The molecule has 1 aromatic carbocycles. The Hall–Kier alpha value is -1.34. The molecule has 136 valence electrons. The van der Waals surface area contributed by atoms with E-state index in [2.05, 4.69) is 33.4 Å². The molecule has 0 atom stereocenters. The highest BCUT2D eigenvalue weighted by atomic mass is 79.9. The van der Waals surface area contributed by atoms with Crippen molar-refractivity contribution in [1.29, 1.82) is 0 Å². The first kappa shape index (κ1) is 20.0. The van der Waals surface area contributed by atoms with Crippen molar-refractivity contribution in [2.75, 3.05) is 19.8 Å². The molecule has 0 unspecified atom stereocenters. The maximum atomic E-state index is 12.4. The number of amides is 1. The number of hydrogen-bond donors (Lipinski definition) is 2. The summed E-state index contributed by atoms with van der Waals surface area (Å²) in [5.74, 6) is 0.465. The van der Waals surface area contributed by atoms with Crippen LogP contribution in [0.4, 0.5) is 0 Å². The van der Waals surface area contributed by atoms with Crippen LogP contribution in [0, 0.1) is 0 Å². The van der Waals surface area contributed by atoms with Crippen LogP contribution in [-0.4, -0.2) is 25.7 Å². The summed E-state index contributed by atoms with van der Waals surface area (Å²) in [6.45, 7) is 2.25. The second kappa shape index (κ2) is 8.85. The molecule has 2 aromatic rings. The van der Waals surface area contributed by atoms with Crippen molar-refractivity contribution in [2.45, 2.75) is 24.8 Å². The number of nitrogens with two attached hydrogens (primary N) is 1. The molecule has 0 aliphatic carbocycles. The fourth-order valence-corrected chi connectivity index (χ4v) is 3.51. The molecule has 0 saturated carbocycles. The van der Waals surface area contributed by atoms with Crippen molar-refractivity contribution in [3.63, 3.8) is 0 Å². The SMILES string of the molecule is Cl.NCc1cc(C(=O)NCC2(c3cccc(Br)c3)CCOCC2)co1. The predicted molar refractivity (Wildman–Crippen MR) is 102 cm³/mol. The van der Waals surface area contributed by atoms with Crippen molar-refractivity contribution in [3.8, 4) is 0 Å². The first-order valence-corrected chi connectivity index (χ1v) is 8.82. The molecular formula is C18H22BrClN2O3. The number of furan rings is 1. The number of rotatable bonds is 5. The lowest BCUT2D eigenvalue weighted by atomic mass is 9.74. The summed E-state index contributed by atoms with van der Waals surface area (Å²) in [6.07, 6.45) is 3.21. The molecule has 0 bridgehead atoms. The normalized spacial score (nSPS) is 16.1. The molecule has 1 aromatic heterocycles. The molecule has 5 nitrogen and oxygen atoms in total. The van der Waals surface area contributed by atoms with Gasteiger partial charge in [0.1, 0.15) is 12.0 Å². The largest absolute Gasteiger partial charge is 0.467 e. The quantitative estimate of drug-likeness (QED) is 0.763. The number of carbonyl (C=O) groups excluding carboxylic acids is 1. The Morgan fingerprint density at radius 1 is 1.28 bits per heavy atom. The van der Waals surface area contributed by atoms with Gasteiger partial charge in [-0.3, -0.25) is 4.79 Å². The molecule has 3 rings (SSSR count). The number of hydrogen-bond acceptors (Lipinski definition) is 4. The number of benzene rings is 1. The van der Waals surface area contributed by atoms with Gasteiger partial charge in [-0.05, 0) is 36.6 Å². The summed E-state index contributed by atoms with van der Waals surface area (Å²) in [7, 11) is 0. The van der Waals surface area contributed by atoms with Gasteiger partial charge in [-0.1, -0.05) is 28.1 Å². The maximum absolute atomic E-state index is 12.4. The lowest BCUT2D eigenvalue weighted by molar-refractivity contribution is 0.0487. The predicted octanol–water partition coefficient (Wildman–Crippen LogP) is 3.40. The summed E-state index contributed by atoms with van der Waals surface area (Å²) in [4.78, 5) is 12.4. The molecule has 1 aliphatic heterocycles. The summed E-state index contributed by atoms with van der Waals surface area (Å²) < 4.78 is 11.8. The van der Waals surface area contributed by atoms with Gasteiger partial charge in [0, 0.05) is 29.6 Å². The second-order valence-corrected chi connectivity index (χ2v) is 7.01. The fraction of sp³-hybridized carbons (Fsp3) is 0.389. The molecule has 2 heterocycles. The highest BCUT2D eigenvalue weighted by Gasteiger charge is 2.35. The minimum atomic E-state index is -0.140. The first-order chi connectivity index (χ1) is 11.6. The third-order valence-corrected chi connectivity index (χ3v) is 5.08. The van der Waals surface area contributed by atoms with E-state index in [1.165, 1.54) is 11.8 Å². The van der Waals surface area contributed by atoms with E-state index in [9.17, 15) is 4.79 Å². The molecule has 1 aliphatic rings. The number of carbonyl (C=O) groups is 1. The van der Waals surface area contributed by atoms with Crippen LogP contribution in [0.5, 0.6) is 0 Å². The van der Waals surface area contributed by atoms with Crippen LogP contribution in [0.15, 0.2) is 45.5 Å². The van der Waals surface area contributed by atoms with Gasteiger partial charge in [0.25, 0.3) is 5.91 Å². The van der Waals surface area contributed by atoms with Crippen molar-refractivity contribution >= 4 is 34.2 Å². The van der Waals surface area contributed by atoms with Crippen LogP contribution in [0.1, 0.15) is 34.5 Å². The Balaban J connectivity index is 0.00000225. The van der Waals surface area contributed by atoms with Crippen LogP contribution in [-0.2, 0) is 16.7 Å². The van der Waals surface area contributed by atoms with E-state index < -0.39 is 0 Å². The monoisotopic (exact) mass is 428 g/mol. The van der Waals surface area contributed by atoms with Crippen molar-refractivity contribution in [2.24, 2.45) is 5.73 Å². The van der Waals surface area contributed by atoms with Crippen molar-refractivity contribution in [1.82, 2.24) is 5.32 Å². The van der Waals surface area contributed by atoms with Crippen LogP contribution >= 0.6 is 28.3 Å². The highest BCUT2D eigenvalue weighted by Crippen LogP contribution is 2.35. The van der Waals surface area contributed by atoms with Crippen molar-refractivity contribution in [3.05, 3.63) is 58.0 Å². The first-order valence-electron chi connectivity index (χ1n) is 8.02.